The molecule has 0 amide bonds. The molecule has 4 nitrogen and oxygen atoms in total. The number of hydrogen-bond acceptors (Lipinski definition) is 3. The third kappa shape index (κ3) is 2.42. The highest BCUT2D eigenvalue weighted by atomic mass is 16.5. The van der Waals surface area contributed by atoms with Crippen LogP contribution in [0.15, 0.2) is 10.9 Å². The first-order chi connectivity index (χ1) is 6.54. The minimum absolute atomic E-state index is 0.123. The second kappa shape index (κ2) is 4.37. The van der Waals surface area contributed by atoms with E-state index in [9.17, 15) is 4.79 Å². The van der Waals surface area contributed by atoms with Crippen molar-refractivity contribution in [1.82, 2.24) is 9.97 Å². The Kier molecular flexibility index (Phi) is 3.41. The second-order valence-electron chi connectivity index (χ2n) is 3.59. The summed E-state index contributed by atoms with van der Waals surface area (Å²) < 4.78 is 5.09. The largest absolute Gasteiger partial charge is 0.374 e. The molecule has 1 N–H and O–H groups in total. The number of ether oxygens (including phenoxy) is 1. The normalized spacial score (nSPS) is 13.2. The molecule has 0 saturated carbocycles. The first kappa shape index (κ1) is 10.9. The lowest BCUT2D eigenvalue weighted by Gasteiger charge is -2.11. The number of nitrogens with one attached hydrogen (secondary N) is 1. The van der Waals surface area contributed by atoms with E-state index >= 15 is 0 Å². The van der Waals surface area contributed by atoms with Crippen molar-refractivity contribution in [3.63, 3.8) is 0 Å². The van der Waals surface area contributed by atoms with Gasteiger partial charge in [-0.2, -0.15) is 0 Å². The van der Waals surface area contributed by atoms with Crippen molar-refractivity contribution in [2.24, 2.45) is 0 Å². The molecule has 0 aliphatic rings. The number of hydrogen-bond donors (Lipinski definition) is 1. The predicted molar refractivity (Wildman–Crippen MR) is 54.4 cm³/mol. The van der Waals surface area contributed by atoms with E-state index in [4.69, 9.17) is 4.74 Å². The average Bonchev–Trinajstić information content (AvgIpc) is 2.15. The Hall–Kier alpha value is -1.16. The number of rotatable bonds is 3. The fraction of sp³-hybridized carbons (Fsp3) is 0.600. The molecule has 1 aromatic heterocycles. The van der Waals surface area contributed by atoms with Gasteiger partial charge in [0.15, 0.2) is 0 Å². The van der Waals surface area contributed by atoms with E-state index in [-0.39, 0.29) is 17.6 Å². The topological polar surface area (TPSA) is 55.0 Å². The first-order valence-corrected chi connectivity index (χ1v) is 4.68. The number of aromatic amines is 1. The lowest BCUT2D eigenvalue weighted by atomic mass is 10.1. The Balaban J connectivity index is 3.13. The molecule has 1 atom stereocenters. The molecule has 1 aromatic rings. The summed E-state index contributed by atoms with van der Waals surface area (Å²) in [4.78, 5) is 18.3. The van der Waals surface area contributed by atoms with E-state index in [0.717, 1.165) is 5.69 Å². The summed E-state index contributed by atoms with van der Waals surface area (Å²) >= 11 is 0. The Morgan fingerprint density at radius 3 is 2.57 bits per heavy atom. The molecule has 0 aromatic carbocycles. The Bertz CT molecular complexity index is 357. The number of methoxy groups -OCH3 is 1. The van der Waals surface area contributed by atoms with Crippen LogP contribution in [0, 0.1) is 0 Å². The lowest BCUT2D eigenvalue weighted by Crippen LogP contribution is -2.16. The third-order valence-electron chi connectivity index (χ3n) is 2.11. The van der Waals surface area contributed by atoms with E-state index in [1.165, 1.54) is 6.07 Å². The van der Waals surface area contributed by atoms with Gasteiger partial charge in [0.25, 0.3) is 5.56 Å². The molecule has 1 rings (SSSR count). The zero-order valence-corrected chi connectivity index (χ0v) is 9.00. The van der Waals surface area contributed by atoms with Gasteiger partial charge >= 0.3 is 0 Å². The van der Waals surface area contributed by atoms with Crippen LogP contribution in [0.5, 0.6) is 0 Å². The van der Waals surface area contributed by atoms with Crippen LogP contribution in [0.4, 0.5) is 0 Å². The monoisotopic (exact) mass is 196 g/mol. The summed E-state index contributed by atoms with van der Waals surface area (Å²) in [5.41, 5.74) is 0.676. The summed E-state index contributed by atoms with van der Waals surface area (Å²) in [5.74, 6) is 0.837. The van der Waals surface area contributed by atoms with Gasteiger partial charge in [-0.3, -0.25) is 4.79 Å². The Morgan fingerprint density at radius 2 is 2.07 bits per heavy atom. The zero-order valence-electron chi connectivity index (χ0n) is 9.00. The maximum absolute atomic E-state index is 11.3. The SMILES string of the molecule is COC(C)c1nc(C(C)C)cc(=O)[nH]1. The second-order valence-corrected chi connectivity index (χ2v) is 3.59. The van der Waals surface area contributed by atoms with E-state index in [0.29, 0.717) is 5.82 Å². The van der Waals surface area contributed by atoms with Gasteiger partial charge < -0.3 is 9.72 Å². The van der Waals surface area contributed by atoms with E-state index in [1.54, 1.807) is 7.11 Å². The van der Waals surface area contributed by atoms with Crippen molar-refractivity contribution in [2.45, 2.75) is 32.8 Å². The maximum Gasteiger partial charge on any atom is 0.251 e. The van der Waals surface area contributed by atoms with Crippen LogP contribution >= 0.6 is 0 Å². The highest BCUT2D eigenvalue weighted by molar-refractivity contribution is 5.07. The lowest BCUT2D eigenvalue weighted by molar-refractivity contribution is 0.111. The highest BCUT2D eigenvalue weighted by Crippen LogP contribution is 2.13. The minimum Gasteiger partial charge on any atom is -0.374 e. The standard InChI is InChI=1S/C10H16N2O2/c1-6(2)8-5-9(13)12-10(11-8)7(3)14-4/h5-7H,1-4H3,(H,11,12,13). The van der Waals surface area contributed by atoms with Gasteiger partial charge in [0.05, 0.1) is 5.69 Å². The fourth-order valence-corrected chi connectivity index (χ4v) is 1.10. The summed E-state index contributed by atoms with van der Waals surface area (Å²) in [6, 6.07) is 1.52. The van der Waals surface area contributed by atoms with Crippen LogP contribution in [0.3, 0.4) is 0 Å². The van der Waals surface area contributed by atoms with Crippen molar-refractivity contribution >= 4 is 0 Å². The van der Waals surface area contributed by atoms with Crippen molar-refractivity contribution in [1.29, 1.82) is 0 Å². The van der Waals surface area contributed by atoms with Crippen LogP contribution < -0.4 is 5.56 Å². The number of H-pyrrole nitrogens is 1. The van der Waals surface area contributed by atoms with Crippen molar-refractivity contribution in [2.75, 3.05) is 7.11 Å². The molecule has 1 unspecified atom stereocenters. The van der Waals surface area contributed by atoms with Crippen LogP contribution in [-0.2, 0) is 4.74 Å². The van der Waals surface area contributed by atoms with E-state index in [1.807, 2.05) is 20.8 Å². The molecule has 1 heterocycles. The van der Waals surface area contributed by atoms with Crippen LogP contribution in [-0.4, -0.2) is 17.1 Å². The molecule has 0 aliphatic heterocycles. The van der Waals surface area contributed by atoms with E-state index < -0.39 is 0 Å². The first-order valence-electron chi connectivity index (χ1n) is 4.68. The smallest absolute Gasteiger partial charge is 0.251 e. The van der Waals surface area contributed by atoms with Crippen molar-refractivity contribution < 1.29 is 4.74 Å². The third-order valence-corrected chi connectivity index (χ3v) is 2.11. The Labute approximate surface area is 83.3 Å². The van der Waals surface area contributed by atoms with Gasteiger partial charge in [-0.05, 0) is 12.8 Å². The van der Waals surface area contributed by atoms with Gasteiger partial charge in [-0.15, -0.1) is 0 Å². The van der Waals surface area contributed by atoms with Gasteiger partial charge in [0.2, 0.25) is 0 Å². The zero-order chi connectivity index (χ0) is 10.7. The van der Waals surface area contributed by atoms with Crippen LogP contribution in [0.1, 0.15) is 44.3 Å². The molecular weight excluding hydrogens is 180 g/mol. The molecule has 0 fully saturated rings. The molecule has 0 aliphatic carbocycles. The van der Waals surface area contributed by atoms with E-state index in [2.05, 4.69) is 9.97 Å². The van der Waals surface area contributed by atoms with Crippen molar-refractivity contribution in [3.05, 3.63) is 27.9 Å². The van der Waals surface area contributed by atoms with Gasteiger partial charge in [0, 0.05) is 13.2 Å². The van der Waals surface area contributed by atoms with Gasteiger partial charge in [0.1, 0.15) is 11.9 Å². The maximum atomic E-state index is 11.3. The molecule has 0 spiro atoms. The summed E-state index contributed by atoms with van der Waals surface area (Å²) in [5, 5.41) is 0. The highest BCUT2D eigenvalue weighted by Gasteiger charge is 2.10. The fourth-order valence-electron chi connectivity index (χ4n) is 1.10. The summed E-state index contributed by atoms with van der Waals surface area (Å²) in [6.45, 7) is 5.86. The molecule has 0 saturated heterocycles. The molecule has 0 radical (unpaired) electrons. The predicted octanol–water partition coefficient (Wildman–Crippen LogP) is 1.60. The average molecular weight is 196 g/mol. The van der Waals surface area contributed by atoms with Crippen LogP contribution in [0.25, 0.3) is 0 Å². The number of nitrogens with zero attached hydrogens (tertiary/aromatic N) is 1. The Morgan fingerprint density at radius 1 is 1.43 bits per heavy atom. The number of aromatic nitrogens is 2. The summed E-state index contributed by atoms with van der Waals surface area (Å²) in [6.07, 6.45) is -0.179. The minimum atomic E-state index is -0.179. The molecular formula is C10H16N2O2. The molecule has 0 bridgehead atoms. The van der Waals surface area contributed by atoms with Crippen LogP contribution in [0.2, 0.25) is 0 Å². The van der Waals surface area contributed by atoms with Gasteiger partial charge in [-0.1, -0.05) is 13.8 Å². The quantitative estimate of drug-likeness (QED) is 0.798. The van der Waals surface area contributed by atoms with Gasteiger partial charge in [-0.25, -0.2) is 4.98 Å². The molecule has 4 heteroatoms. The molecule has 14 heavy (non-hydrogen) atoms. The van der Waals surface area contributed by atoms with Crippen molar-refractivity contribution in [3.8, 4) is 0 Å². The summed E-state index contributed by atoms with van der Waals surface area (Å²) in [7, 11) is 1.59. The molecule has 78 valence electrons.